The average Bonchev–Trinajstić information content (AvgIpc) is 2.36. The van der Waals surface area contributed by atoms with Gasteiger partial charge in [0.1, 0.15) is 11.6 Å². The van der Waals surface area contributed by atoms with Crippen LogP contribution in [0.1, 0.15) is 11.3 Å². The number of alkyl halides is 2. The Morgan fingerprint density at radius 3 is 2.74 bits per heavy atom. The number of aryl methyl sites for hydroxylation is 1. The van der Waals surface area contributed by atoms with Crippen LogP contribution in [0.2, 0.25) is 0 Å². The molecule has 0 aliphatic rings. The molecule has 1 N–H and O–H groups in total. The van der Waals surface area contributed by atoms with Crippen molar-refractivity contribution in [2.24, 2.45) is 0 Å². The van der Waals surface area contributed by atoms with Crippen LogP contribution in [0.5, 0.6) is 5.75 Å². The van der Waals surface area contributed by atoms with Gasteiger partial charge in [0.05, 0.1) is 0 Å². The van der Waals surface area contributed by atoms with E-state index < -0.39 is 6.61 Å². The van der Waals surface area contributed by atoms with Gasteiger partial charge >= 0.3 is 6.61 Å². The van der Waals surface area contributed by atoms with E-state index in [1.165, 1.54) is 6.07 Å². The number of hydrogen-bond acceptors (Lipinski definition) is 3. The average molecular weight is 264 g/mol. The van der Waals surface area contributed by atoms with Crippen molar-refractivity contribution in [3.8, 4) is 5.75 Å². The molecule has 2 aromatic rings. The first-order chi connectivity index (χ1) is 9.13. The van der Waals surface area contributed by atoms with E-state index in [9.17, 15) is 8.78 Å². The molecule has 0 spiro atoms. The second-order valence-corrected chi connectivity index (χ2v) is 4.04. The normalized spacial score (nSPS) is 10.5. The maximum Gasteiger partial charge on any atom is 0.387 e. The molecule has 0 amide bonds. The first kappa shape index (κ1) is 13.3. The lowest BCUT2D eigenvalue weighted by atomic mass is 10.2. The summed E-state index contributed by atoms with van der Waals surface area (Å²) in [6, 6.07) is 12.3. The van der Waals surface area contributed by atoms with Gasteiger partial charge in [0.2, 0.25) is 0 Å². The van der Waals surface area contributed by atoms with Crippen LogP contribution in [-0.2, 0) is 6.54 Å². The minimum absolute atomic E-state index is 0.159. The van der Waals surface area contributed by atoms with Crippen LogP contribution in [-0.4, -0.2) is 11.6 Å². The number of ether oxygens (including phenoxy) is 1. The van der Waals surface area contributed by atoms with Gasteiger partial charge in [0, 0.05) is 12.2 Å². The topological polar surface area (TPSA) is 34.1 Å². The molecule has 19 heavy (non-hydrogen) atoms. The van der Waals surface area contributed by atoms with Crippen molar-refractivity contribution >= 4 is 5.82 Å². The monoisotopic (exact) mass is 264 g/mol. The molecule has 1 heterocycles. The number of hydrogen-bond donors (Lipinski definition) is 1. The maximum absolute atomic E-state index is 12.1. The first-order valence-electron chi connectivity index (χ1n) is 5.85. The highest BCUT2D eigenvalue weighted by molar-refractivity contribution is 5.37. The summed E-state index contributed by atoms with van der Waals surface area (Å²) in [6.07, 6.45) is 0. The predicted molar refractivity (Wildman–Crippen MR) is 69.4 cm³/mol. The lowest BCUT2D eigenvalue weighted by molar-refractivity contribution is -0.0498. The Labute approximate surface area is 110 Å². The fourth-order valence-corrected chi connectivity index (χ4v) is 1.67. The van der Waals surface area contributed by atoms with Crippen LogP contribution in [0.25, 0.3) is 0 Å². The van der Waals surface area contributed by atoms with Crippen molar-refractivity contribution in [3.63, 3.8) is 0 Å². The zero-order valence-corrected chi connectivity index (χ0v) is 10.4. The Kier molecular flexibility index (Phi) is 4.28. The molecule has 100 valence electrons. The summed E-state index contributed by atoms with van der Waals surface area (Å²) in [5, 5.41) is 3.13. The van der Waals surface area contributed by atoms with E-state index in [-0.39, 0.29) is 5.75 Å². The highest BCUT2D eigenvalue weighted by Crippen LogP contribution is 2.16. The summed E-state index contributed by atoms with van der Waals surface area (Å²) in [4.78, 5) is 4.30. The Morgan fingerprint density at radius 2 is 2.00 bits per heavy atom. The Balaban J connectivity index is 1.99. The third-order valence-electron chi connectivity index (χ3n) is 2.49. The Hall–Kier alpha value is -2.17. The van der Waals surface area contributed by atoms with Crippen molar-refractivity contribution in [2.45, 2.75) is 20.1 Å². The quantitative estimate of drug-likeness (QED) is 0.895. The van der Waals surface area contributed by atoms with Gasteiger partial charge in [-0.05, 0) is 36.8 Å². The van der Waals surface area contributed by atoms with Crippen LogP contribution >= 0.6 is 0 Å². The first-order valence-corrected chi connectivity index (χ1v) is 5.85. The van der Waals surface area contributed by atoms with Crippen LogP contribution in [0.4, 0.5) is 14.6 Å². The highest BCUT2D eigenvalue weighted by atomic mass is 19.3. The molecule has 2 rings (SSSR count). The van der Waals surface area contributed by atoms with Crippen molar-refractivity contribution in [3.05, 3.63) is 53.7 Å². The largest absolute Gasteiger partial charge is 0.435 e. The van der Waals surface area contributed by atoms with E-state index in [0.717, 1.165) is 17.1 Å². The lowest BCUT2D eigenvalue weighted by Crippen LogP contribution is -2.04. The molecule has 0 bridgehead atoms. The molecule has 1 aromatic carbocycles. The van der Waals surface area contributed by atoms with E-state index in [4.69, 9.17) is 0 Å². The van der Waals surface area contributed by atoms with E-state index >= 15 is 0 Å². The second kappa shape index (κ2) is 6.13. The molecule has 0 atom stereocenters. The molecule has 0 saturated heterocycles. The summed E-state index contributed by atoms with van der Waals surface area (Å²) >= 11 is 0. The summed E-state index contributed by atoms with van der Waals surface area (Å²) in [5.41, 5.74) is 1.77. The number of aromatic nitrogens is 1. The number of rotatable bonds is 5. The van der Waals surface area contributed by atoms with Crippen molar-refractivity contribution in [2.75, 3.05) is 5.32 Å². The van der Waals surface area contributed by atoms with Gasteiger partial charge in [0.25, 0.3) is 0 Å². The fourth-order valence-electron chi connectivity index (χ4n) is 1.67. The summed E-state index contributed by atoms with van der Waals surface area (Å²) < 4.78 is 28.5. The van der Waals surface area contributed by atoms with Crippen molar-refractivity contribution in [1.82, 2.24) is 4.98 Å². The van der Waals surface area contributed by atoms with E-state index in [1.54, 1.807) is 12.1 Å². The maximum atomic E-state index is 12.1. The number of benzene rings is 1. The van der Waals surface area contributed by atoms with Gasteiger partial charge in [-0.15, -0.1) is 0 Å². The highest BCUT2D eigenvalue weighted by Gasteiger charge is 2.04. The van der Waals surface area contributed by atoms with Crippen molar-refractivity contribution in [1.29, 1.82) is 0 Å². The van der Waals surface area contributed by atoms with Gasteiger partial charge in [-0.1, -0.05) is 18.2 Å². The Bertz CT molecular complexity index is 546. The third kappa shape index (κ3) is 4.21. The van der Waals surface area contributed by atoms with E-state index in [0.29, 0.717) is 6.54 Å². The molecule has 0 aliphatic heterocycles. The minimum Gasteiger partial charge on any atom is -0.435 e. The van der Waals surface area contributed by atoms with Gasteiger partial charge in [-0.3, -0.25) is 0 Å². The minimum atomic E-state index is -2.80. The summed E-state index contributed by atoms with van der Waals surface area (Å²) in [6.45, 7) is -0.402. The lowest BCUT2D eigenvalue weighted by Gasteiger charge is -2.08. The second-order valence-electron chi connectivity index (χ2n) is 4.04. The van der Waals surface area contributed by atoms with Crippen LogP contribution in [0.15, 0.2) is 42.5 Å². The molecule has 0 fully saturated rings. The summed E-state index contributed by atoms with van der Waals surface area (Å²) in [7, 11) is 0. The number of anilines is 1. The number of nitrogens with zero attached hydrogens (tertiary/aromatic N) is 1. The van der Waals surface area contributed by atoms with Gasteiger partial charge in [-0.2, -0.15) is 8.78 Å². The van der Waals surface area contributed by atoms with E-state index in [2.05, 4.69) is 15.0 Å². The predicted octanol–water partition coefficient (Wildman–Crippen LogP) is 3.60. The molecule has 0 saturated carbocycles. The third-order valence-corrected chi connectivity index (χ3v) is 2.49. The van der Waals surface area contributed by atoms with Crippen LogP contribution < -0.4 is 10.1 Å². The summed E-state index contributed by atoms with van der Waals surface area (Å²) in [5.74, 6) is 0.909. The molecule has 0 aliphatic carbocycles. The van der Waals surface area contributed by atoms with Gasteiger partial charge in [-0.25, -0.2) is 4.98 Å². The molecule has 0 radical (unpaired) electrons. The zero-order valence-electron chi connectivity index (χ0n) is 10.4. The molecule has 0 unspecified atom stereocenters. The molecule has 1 aromatic heterocycles. The van der Waals surface area contributed by atoms with Crippen molar-refractivity contribution < 1.29 is 13.5 Å². The van der Waals surface area contributed by atoms with Crippen LogP contribution in [0.3, 0.4) is 0 Å². The number of nitrogens with one attached hydrogen (secondary N) is 1. The molecule has 5 heteroatoms. The molecule has 3 nitrogen and oxygen atoms in total. The fraction of sp³-hybridized carbons (Fsp3) is 0.214. The van der Waals surface area contributed by atoms with Gasteiger partial charge < -0.3 is 10.1 Å². The smallest absolute Gasteiger partial charge is 0.387 e. The SMILES string of the molecule is Cc1cccc(NCc2cccc(OC(F)F)c2)n1. The Morgan fingerprint density at radius 1 is 1.21 bits per heavy atom. The van der Waals surface area contributed by atoms with E-state index in [1.807, 2.05) is 31.2 Å². The zero-order chi connectivity index (χ0) is 13.7. The standard InChI is InChI=1S/C14H14F2N2O/c1-10-4-2-7-13(18-10)17-9-11-5-3-6-12(8-11)19-14(15)16/h2-8,14H,9H2,1H3,(H,17,18). The van der Waals surface area contributed by atoms with Crippen LogP contribution in [0, 0.1) is 6.92 Å². The molecular formula is C14H14F2N2O. The number of halogens is 2. The molecular weight excluding hydrogens is 250 g/mol. The number of pyridine rings is 1. The van der Waals surface area contributed by atoms with Gasteiger partial charge in [0.15, 0.2) is 0 Å².